The van der Waals surface area contributed by atoms with Gasteiger partial charge in [0.15, 0.2) is 0 Å². The highest BCUT2D eigenvalue weighted by Gasteiger charge is 2.26. The molecule has 0 aliphatic carbocycles. The van der Waals surface area contributed by atoms with Crippen LogP contribution in [-0.4, -0.2) is 38.1 Å². The molecule has 0 saturated carbocycles. The molecule has 1 fully saturated rings. The fraction of sp³-hybridized carbons (Fsp3) is 1.00. The molecule has 0 aromatic carbocycles. The van der Waals surface area contributed by atoms with E-state index in [4.69, 9.17) is 0 Å². The highest BCUT2D eigenvalue weighted by Crippen LogP contribution is 2.27. The summed E-state index contributed by atoms with van der Waals surface area (Å²) in [6, 6.07) is 0. The van der Waals surface area contributed by atoms with E-state index in [1.165, 1.54) is 45.3 Å². The minimum absolute atomic E-state index is 0.437. The third-order valence-corrected chi connectivity index (χ3v) is 4.87. The molecule has 2 heteroatoms. The van der Waals surface area contributed by atoms with Crippen LogP contribution in [0.1, 0.15) is 53.4 Å². The first-order valence-electron chi connectivity index (χ1n) is 7.87. The summed E-state index contributed by atoms with van der Waals surface area (Å²) in [6.45, 7) is 14.5. The van der Waals surface area contributed by atoms with Gasteiger partial charge in [0.2, 0.25) is 0 Å². The highest BCUT2D eigenvalue weighted by molar-refractivity contribution is 4.81. The molecule has 2 atom stereocenters. The molecule has 0 spiro atoms. The van der Waals surface area contributed by atoms with E-state index in [0.29, 0.717) is 5.41 Å². The molecule has 1 N–H and O–H groups in total. The van der Waals surface area contributed by atoms with Crippen LogP contribution in [0.4, 0.5) is 0 Å². The molecule has 108 valence electrons. The molecule has 2 nitrogen and oxygen atoms in total. The fourth-order valence-corrected chi connectivity index (χ4v) is 3.27. The van der Waals surface area contributed by atoms with Gasteiger partial charge in [0.05, 0.1) is 0 Å². The van der Waals surface area contributed by atoms with Crippen molar-refractivity contribution in [3.63, 3.8) is 0 Å². The van der Waals surface area contributed by atoms with Gasteiger partial charge in [-0.05, 0) is 63.1 Å². The van der Waals surface area contributed by atoms with Gasteiger partial charge in [0.1, 0.15) is 0 Å². The smallest absolute Gasteiger partial charge is 0.00474 e. The lowest BCUT2D eigenvalue weighted by Crippen LogP contribution is -2.41. The summed E-state index contributed by atoms with van der Waals surface area (Å²) >= 11 is 0. The molecule has 2 unspecified atom stereocenters. The lowest BCUT2D eigenvalue weighted by Gasteiger charge is -2.34. The summed E-state index contributed by atoms with van der Waals surface area (Å²) in [5, 5.41) is 3.36. The van der Waals surface area contributed by atoms with E-state index in [-0.39, 0.29) is 0 Å². The van der Waals surface area contributed by atoms with E-state index < -0.39 is 0 Å². The van der Waals surface area contributed by atoms with Crippen molar-refractivity contribution in [2.45, 2.75) is 53.4 Å². The maximum absolute atomic E-state index is 3.36. The zero-order chi connectivity index (χ0) is 13.6. The summed E-state index contributed by atoms with van der Waals surface area (Å²) in [5.74, 6) is 1.81. The van der Waals surface area contributed by atoms with Crippen LogP contribution in [0.15, 0.2) is 0 Å². The van der Waals surface area contributed by atoms with Crippen LogP contribution in [0.3, 0.4) is 0 Å². The van der Waals surface area contributed by atoms with Gasteiger partial charge in [0, 0.05) is 13.1 Å². The lowest BCUT2D eigenvalue weighted by atomic mass is 9.86. The van der Waals surface area contributed by atoms with Crippen molar-refractivity contribution in [3.05, 3.63) is 0 Å². The zero-order valence-corrected chi connectivity index (χ0v) is 13.3. The van der Waals surface area contributed by atoms with E-state index in [1.54, 1.807) is 0 Å². The second kappa shape index (κ2) is 7.49. The number of rotatable bonds is 6. The largest absolute Gasteiger partial charge is 0.319 e. The molecule has 1 heterocycles. The molecular weight excluding hydrogens is 220 g/mol. The average Bonchev–Trinajstić information content (AvgIpc) is 2.55. The quantitative estimate of drug-likeness (QED) is 0.782. The maximum Gasteiger partial charge on any atom is 0.00474 e. The second-order valence-electron chi connectivity index (χ2n) is 6.91. The molecule has 0 aromatic heterocycles. The Morgan fingerprint density at radius 1 is 1.28 bits per heavy atom. The topological polar surface area (TPSA) is 15.3 Å². The molecule has 1 rings (SSSR count). The first kappa shape index (κ1) is 16.0. The van der Waals surface area contributed by atoms with Crippen molar-refractivity contribution in [1.29, 1.82) is 0 Å². The Kier molecular flexibility index (Phi) is 6.65. The molecule has 0 amide bonds. The van der Waals surface area contributed by atoms with Crippen molar-refractivity contribution in [1.82, 2.24) is 10.2 Å². The van der Waals surface area contributed by atoms with Gasteiger partial charge in [-0.1, -0.05) is 27.7 Å². The molecule has 1 saturated heterocycles. The van der Waals surface area contributed by atoms with Crippen molar-refractivity contribution >= 4 is 0 Å². The number of nitrogens with one attached hydrogen (secondary N) is 1. The Labute approximate surface area is 115 Å². The van der Waals surface area contributed by atoms with Gasteiger partial charge >= 0.3 is 0 Å². The van der Waals surface area contributed by atoms with Crippen molar-refractivity contribution < 1.29 is 0 Å². The van der Waals surface area contributed by atoms with E-state index >= 15 is 0 Å². The van der Waals surface area contributed by atoms with Gasteiger partial charge in [-0.3, -0.25) is 0 Å². The molecule has 0 bridgehead atoms. The Hall–Kier alpha value is -0.0800. The van der Waals surface area contributed by atoms with Crippen LogP contribution >= 0.6 is 0 Å². The van der Waals surface area contributed by atoms with E-state index in [0.717, 1.165) is 18.4 Å². The normalized spacial score (nSPS) is 26.0. The van der Waals surface area contributed by atoms with Crippen LogP contribution in [0.5, 0.6) is 0 Å². The Morgan fingerprint density at radius 3 is 2.56 bits per heavy atom. The van der Waals surface area contributed by atoms with E-state index in [1.807, 2.05) is 0 Å². The minimum atomic E-state index is 0.437. The van der Waals surface area contributed by atoms with Gasteiger partial charge in [-0.25, -0.2) is 0 Å². The summed E-state index contributed by atoms with van der Waals surface area (Å²) in [5.41, 5.74) is 0.437. The van der Waals surface area contributed by atoms with Gasteiger partial charge in [-0.15, -0.1) is 0 Å². The monoisotopic (exact) mass is 254 g/mol. The van der Waals surface area contributed by atoms with Crippen molar-refractivity contribution in [3.8, 4) is 0 Å². The number of nitrogens with zero attached hydrogens (tertiary/aromatic N) is 1. The lowest BCUT2D eigenvalue weighted by molar-refractivity contribution is 0.158. The van der Waals surface area contributed by atoms with Gasteiger partial charge < -0.3 is 10.2 Å². The van der Waals surface area contributed by atoms with Crippen LogP contribution in [0, 0.1) is 17.3 Å². The zero-order valence-electron chi connectivity index (χ0n) is 13.3. The molecule has 1 aliphatic heterocycles. The molecule has 1 aliphatic rings. The van der Waals surface area contributed by atoms with Gasteiger partial charge in [-0.2, -0.15) is 0 Å². The van der Waals surface area contributed by atoms with Crippen LogP contribution in [0.25, 0.3) is 0 Å². The van der Waals surface area contributed by atoms with E-state index in [2.05, 4.69) is 45.0 Å². The van der Waals surface area contributed by atoms with Gasteiger partial charge in [0.25, 0.3) is 0 Å². The van der Waals surface area contributed by atoms with Crippen molar-refractivity contribution in [2.24, 2.45) is 17.3 Å². The summed E-state index contributed by atoms with van der Waals surface area (Å²) in [4.78, 5) is 2.71. The molecule has 0 radical (unpaired) electrons. The fourth-order valence-electron chi connectivity index (χ4n) is 3.27. The number of hydrogen-bond acceptors (Lipinski definition) is 2. The van der Waals surface area contributed by atoms with Crippen LogP contribution in [0.2, 0.25) is 0 Å². The third kappa shape index (κ3) is 4.89. The standard InChI is InChI=1S/C16H34N2/c1-6-16(4,12-17-5)13-18-10-7-8-15(9-11-18)14(2)3/h14-15,17H,6-13H2,1-5H3. The summed E-state index contributed by atoms with van der Waals surface area (Å²) < 4.78 is 0. The third-order valence-electron chi connectivity index (χ3n) is 4.87. The first-order valence-corrected chi connectivity index (χ1v) is 7.87. The highest BCUT2D eigenvalue weighted by atomic mass is 15.1. The predicted molar refractivity (Wildman–Crippen MR) is 80.9 cm³/mol. The van der Waals surface area contributed by atoms with Crippen LogP contribution in [-0.2, 0) is 0 Å². The van der Waals surface area contributed by atoms with E-state index in [9.17, 15) is 0 Å². The molecular formula is C16H34N2. The SMILES string of the molecule is CCC(C)(CNC)CN1CCCC(C(C)C)CC1. The predicted octanol–water partition coefficient (Wildman–Crippen LogP) is 3.38. The second-order valence-corrected chi connectivity index (χ2v) is 6.91. The number of hydrogen-bond donors (Lipinski definition) is 1. The molecule has 0 aromatic rings. The Balaban J connectivity index is 2.47. The van der Waals surface area contributed by atoms with Crippen molar-refractivity contribution in [2.75, 3.05) is 33.2 Å². The molecule has 18 heavy (non-hydrogen) atoms. The number of likely N-dealkylation sites (tertiary alicyclic amines) is 1. The summed E-state index contributed by atoms with van der Waals surface area (Å²) in [7, 11) is 2.07. The maximum atomic E-state index is 3.36. The average molecular weight is 254 g/mol. The Bertz CT molecular complexity index is 227. The van der Waals surface area contributed by atoms with Crippen LogP contribution < -0.4 is 5.32 Å². The first-order chi connectivity index (χ1) is 8.50. The minimum Gasteiger partial charge on any atom is -0.319 e. The Morgan fingerprint density at radius 2 is 2.00 bits per heavy atom. The summed E-state index contributed by atoms with van der Waals surface area (Å²) in [6.07, 6.45) is 5.49.